The maximum absolute atomic E-state index is 13.7. The summed E-state index contributed by atoms with van der Waals surface area (Å²) in [4.78, 5) is 28.4. The van der Waals surface area contributed by atoms with E-state index in [0.717, 1.165) is 28.1 Å². The summed E-state index contributed by atoms with van der Waals surface area (Å²) in [6.45, 7) is 9.20. The summed E-state index contributed by atoms with van der Waals surface area (Å²) < 4.78 is 18.1. The first-order chi connectivity index (χ1) is 18.7. The third kappa shape index (κ3) is 5.35. The second-order valence-corrected chi connectivity index (χ2v) is 11.8. The number of carbonyl (C=O) groups is 2. The zero-order valence-electron chi connectivity index (χ0n) is 22.9. The number of ether oxygens (including phenoxy) is 3. The average molecular weight is 551 g/mol. The van der Waals surface area contributed by atoms with E-state index in [0.29, 0.717) is 30.5 Å². The highest BCUT2D eigenvalue weighted by Gasteiger charge is 2.40. The largest absolute Gasteiger partial charge is 0.454 e. The Hall–Kier alpha value is -3.50. The van der Waals surface area contributed by atoms with Crippen molar-refractivity contribution in [2.24, 2.45) is 0 Å². The number of para-hydroxylation sites is 1. The number of rotatable bonds is 7. The molecule has 0 radical (unpaired) electrons. The predicted octanol–water partition coefficient (Wildman–Crippen LogP) is 4.14. The lowest BCUT2D eigenvalue weighted by Gasteiger charge is -2.25. The Kier molecular flexibility index (Phi) is 7.59. The molecule has 206 valence electrons. The van der Waals surface area contributed by atoms with Crippen LogP contribution in [0.25, 0.3) is 5.69 Å². The van der Waals surface area contributed by atoms with Gasteiger partial charge in [0.05, 0.1) is 29.0 Å². The van der Waals surface area contributed by atoms with Gasteiger partial charge in [0.25, 0.3) is 0 Å². The highest BCUT2D eigenvalue weighted by Crippen LogP contribution is 2.50. The Morgan fingerprint density at radius 1 is 1.18 bits per heavy atom. The van der Waals surface area contributed by atoms with E-state index in [1.54, 1.807) is 12.0 Å². The van der Waals surface area contributed by atoms with E-state index in [9.17, 15) is 9.59 Å². The molecule has 10 heteroatoms. The van der Waals surface area contributed by atoms with Crippen LogP contribution in [0.3, 0.4) is 0 Å². The van der Waals surface area contributed by atoms with E-state index in [2.05, 4.69) is 26.1 Å². The Bertz CT molecular complexity index is 1400. The summed E-state index contributed by atoms with van der Waals surface area (Å²) in [7, 11) is 1.58. The van der Waals surface area contributed by atoms with Gasteiger partial charge >= 0.3 is 0 Å². The minimum Gasteiger partial charge on any atom is -0.454 e. The van der Waals surface area contributed by atoms with Crippen LogP contribution in [0.4, 0.5) is 5.82 Å². The number of amides is 2. The predicted molar refractivity (Wildman–Crippen MR) is 151 cm³/mol. The molecule has 3 aromatic rings. The Labute approximate surface area is 232 Å². The molecule has 0 fully saturated rings. The van der Waals surface area contributed by atoms with Gasteiger partial charge in [-0.3, -0.25) is 14.5 Å². The number of nitrogens with one attached hydrogen (secondary N) is 1. The van der Waals surface area contributed by atoms with Gasteiger partial charge < -0.3 is 19.5 Å². The molecule has 3 heterocycles. The molecular formula is C29H34N4O5S. The fourth-order valence-corrected chi connectivity index (χ4v) is 6.06. The molecule has 2 amide bonds. The Morgan fingerprint density at radius 3 is 2.69 bits per heavy atom. The van der Waals surface area contributed by atoms with Gasteiger partial charge in [0.2, 0.25) is 18.6 Å². The standard InChI is InChI=1S/C29H34N4O5S/c1-18-8-6-7-9-20(18)33-28-25(27(31-33)29(2,3)4)26(19-10-11-21-22(14-19)38-17-37-21)39-16-24(35)32(28)15-23(34)30-12-13-36-5/h6-11,14,26H,12-13,15-17H2,1-5H3,(H,30,34)/t26-/m0/s1. The minimum atomic E-state index is -0.340. The van der Waals surface area contributed by atoms with E-state index in [1.165, 1.54) is 11.8 Å². The van der Waals surface area contributed by atoms with Crippen molar-refractivity contribution in [3.8, 4) is 17.2 Å². The van der Waals surface area contributed by atoms with Gasteiger partial charge in [-0.15, -0.1) is 11.8 Å². The molecule has 1 aromatic heterocycles. The summed E-state index contributed by atoms with van der Waals surface area (Å²) in [5.74, 6) is 1.80. The van der Waals surface area contributed by atoms with Gasteiger partial charge in [0.1, 0.15) is 12.4 Å². The first-order valence-corrected chi connectivity index (χ1v) is 14.0. The maximum Gasteiger partial charge on any atom is 0.240 e. The summed E-state index contributed by atoms with van der Waals surface area (Å²) in [6, 6.07) is 13.9. The average Bonchev–Trinajstić information content (AvgIpc) is 3.49. The van der Waals surface area contributed by atoms with E-state index in [4.69, 9.17) is 19.3 Å². The SMILES string of the molecule is COCCNC(=O)CN1C(=O)CS[C@@H](c2ccc3c(c2)OCO3)c2c(C(C)(C)C)nn(-c3ccccc3C)c21. The van der Waals surface area contributed by atoms with Crippen molar-refractivity contribution in [2.75, 3.05) is 44.3 Å². The van der Waals surface area contributed by atoms with Gasteiger partial charge in [-0.1, -0.05) is 45.0 Å². The smallest absolute Gasteiger partial charge is 0.240 e. The van der Waals surface area contributed by atoms with E-state index in [-0.39, 0.29) is 41.6 Å². The number of carbonyl (C=O) groups excluding carboxylic acids is 2. The number of aryl methyl sites for hydroxylation is 1. The van der Waals surface area contributed by atoms with E-state index < -0.39 is 0 Å². The number of nitrogens with zero attached hydrogens (tertiary/aromatic N) is 3. The van der Waals surface area contributed by atoms with Crippen LogP contribution in [0.2, 0.25) is 0 Å². The van der Waals surface area contributed by atoms with Crippen LogP contribution >= 0.6 is 11.8 Å². The third-order valence-electron chi connectivity index (χ3n) is 6.77. The lowest BCUT2D eigenvalue weighted by atomic mass is 9.87. The monoisotopic (exact) mass is 550 g/mol. The van der Waals surface area contributed by atoms with Gasteiger partial charge in [0.15, 0.2) is 11.5 Å². The topological polar surface area (TPSA) is 94.9 Å². The number of fused-ring (bicyclic) bond motifs is 2. The normalized spacial score (nSPS) is 16.7. The van der Waals surface area contributed by atoms with Crippen molar-refractivity contribution >= 4 is 29.4 Å². The molecule has 2 aliphatic rings. The van der Waals surface area contributed by atoms with Gasteiger partial charge in [0, 0.05) is 24.6 Å². The molecule has 39 heavy (non-hydrogen) atoms. The van der Waals surface area contributed by atoms with Crippen molar-refractivity contribution in [1.82, 2.24) is 15.1 Å². The van der Waals surface area contributed by atoms with Crippen LogP contribution in [0.5, 0.6) is 11.5 Å². The maximum atomic E-state index is 13.7. The molecule has 0 saturated carbocycles. The minimum absolute atomic E-state index is 0.120. The molecular weight excluding hydrogens is 516 g/mol. The Morgan fingerprint density at radius 2 is 1.95 bits per heavy atom. The summed E-state index contributed by atoms with van der Waals surface area (Å²) >= 11 is 1.54. The number of hydrogen-bond acceptors (Lipinski definition) is 7. The third-order valence-corrected chi connectivity index (χ3v) is 8.03. The van der Waals surface area contributed by atoms with Crippen molar-refractivity contribution in [3.05, 3.63) is 64.8 Å². The van der Waals surface area contributed by atoms with Crippen molar-refractivity contribution in [2.45, 2.75) is 38.4 Å². The molecule has 0 saturated heterocycles. The van der Waals surface area contributed by atoms with Gasteiger partial charge in [-0.25, -0.2) is 4.68 Å². The summed E-state index contributed by atoms with van der Waals surface area (Å²) in [5, 5.41) is 7.79. The van der Waals surface area contributed by atoms with Gasteiger partial charge in [-0.2, -0.15) is 5.10 Å². The van der Waals surface area contributed by atoms with Crippen LogP contribution < -0.4 is 19.7 Å². The number of anilines is 1. The van der Waals surface area contributed by atoms with Crippen molar-refractivity contribution in [1.29, 1.82) is 0 Å². The highest BCUT2D eigenvalue weighted by atomic mass is 32.2. The van der Waals surface area contributed by atoms with Gasteiger partial charge in [-0.05, 0) is 36.2 Å². The lowest BCUT2D eigenvalue weighted by Crippen LogP contribution is -2.43. The van der Waals surface area contributed by atoms with Crippen LogP contribution in [0.15, 0.2) is 42.5 Å². The van der Waals surface area contributed by atoms with Crippen LogP contribution in [-0.2, 0) is 19.7 Å². The molecule has 1 N–H and O–H groups in total. The molecule has 2 aromatic carbocycles. The van der Waals surface area contributed by atoms with E-state index >= 15 is 0 Å². The zero-order chi connectivity index (χ0) is 27.7. The molecule has 0 unspecified atom stereocenters. The van der Waals surface area contributed by atoms with Crippen LogP contribution in [-0.4, -0.2) is 60.9 Å². The number of aromatic nitrogens is 2. The highest BCUT2D eigenvalue weighted by molar-refractivity contribution is 8.00. The lowest BCUT2D eigenvalue weighted by molar-refractivity contribution is -0.123. The molecule has 0 aliphatic carbocycles. The second kappa shape index (κ2) is 10.9. The number of hydrogen-bond donors (Lipinski definition) is 1. The summed E-state index contributed by atoms with van der Waals surface area (Å²) in [6.07, 6.45) is 0. The molecule has 5 rings (SSSR count). The molecule has 0 spiro atoms. The first-order valence-electron chi connectivity index (χ1n) is 13.0. The molecule has 9 nitrogen and oxygen atoms in total. The molecule has 1 atom stereocenters. The number of benzene rings is 2. The van der Waals surface area contributed by atoms with Crippen LogP contribution in [0, 0.1) is 6.92 Å². The van der Waals surface area contributed by atoms with Crippen molar-refractivity contribution in [3.63, 3.8) is 0 Å². The van der Waals surface area contributed by atoms with E-state index in [1.807, 2.05) is 54.1 Å². The zero-order valence-corrected chi connectivity index (χ0v) is 23.8. The fraction of sp³-hybridized carbons (Fsp3) is 0.414. The number of methoxy groups -OCH3 is 1. The summed E-state index contributed by atoms with van der Waals surface area (Å²) in [5.41, 5.74) is 4.31. The van der Waals surface area contributed by atoms with Crippen molar-refractivity contribution < 1.29 is 23.8 Å². The second-order valence-electron chi connectivity index (χ2n) is 10.7. The number of thioether (sulfide) groups is 1. The van der Waals surface area contributed by atoms with Crippen LogP contribution in [0.1, 0.15) is 48.4 Å². The molecule has 2 aliphatic heterocycles. The first kappa shape index (κ1) is 27.1. The quantitative estimate of drug-likeness (QED) is 0.442. The fourth-order valence-electron chi connectivity index (χ4n) is 4.87. The Balaban J connectivity index is 1.72. The molecule has 0 bridgehead atoms.